The van der Waals surface area contributed by atoms with Crippen LogP contribution in [-0.2, 0) is 15.7 Å². The fraction of sp³-hybridized carbons (Fsp3) is 0.833. The normalized spacial score (nSPS) is 12.2. The minimum Gasteiger partial charge on any atom is -0.449 e. The minimum absolute atomic E-state index is 0.368. The lowest BCUT2D eigenvalue weighted by Gasteiger charge is -2.02. The third-order valence-corrected chi connectivity index (χ3v) is 1.82. The van der Waals surface area contributed by atoms with Crippen molar-refractivity contribution in [2.45, 2.75) is 20.3 Å². The standard InChI is InChI=1S/C6H13NO3S/c1-3-5-10-6(8)7-11(9)4-2/h3-5H2,1-2H3,(H,7,8). The first-order valence-corrected chi connectivity index (χ1v) is 4.84. The molecule has 0 aliphatic carbocycles. The van der Waals surface area contributed by atoms with Crippen molar-refractivity contribution in [1.82, 2.24) is 4.72 Å². The highest BCUT2D eigenvalue weighted by molar-refractivity contribution is 7.83. The van der Waals surface area contributed by atoms with Gasteiger partial charge in [0.2, 0.25) is 0 Å². The van der Waals surface area contributed by atoms with Gasteiger partial charge < -0.3 is 4.74 Å². The van der Waals surface area contributed by atoms with E-state index in [1.165, 1.54) is 0 Å². The van der Waals surface area contributed by atoms with Crippen LogP contribution in [0.15, 0.2) is 0 Å². The number of amides is 1. The summed E-state index contributed by atoms with van der Waals surface area (Å²) < 4.78 is 17.5. The Hall–Kier alpha value is -0.580. The maximum atomic E-state index is 10.7. The van der Waals surface area contributed by atoms with E-state index in [-0.39, 0.29) is 0 Å². The predicted molar refractivity (Wildman–Crippen MR) is 43.5 cm³/mol. The molecule has 0 spiro atoms. The van der Waals surface area contributed by atoms with Crippen LogP contribution in [0.1, 0.15) is 20.3 Å². The Balaban J connectivity index is 3.44. The molecule has 1 atom stereocenters. The minimum atomic E-state index is -1.29. The van der Waals surface area contributed by atoms with Crippen molar-refractivity contribution in [2.75, 3.05) is 12.4 Å². The van der Waals surface area contributed by atoms with Gasteiger partial charge in [0, 0.05) is 5.75 Å². The number of ether oxygens (including phenoxy) is 1. The summed E-state index contributed by atoms with van der Waals surface area (Å²) in [5.41, 5.74) is 0. The van der Waals surface area contributed by atoms with Crippen LogP contribution in [0.4, 0.5) is 4.79 Å². The van der Waals surface area contributed by atoms with Gasteiger partial charge in [-0.15, -0.1) is 0 Å². The number of carbonyl (C=O) groups excluding carboxylic acids is 1. The Labute approximate surface area is 68.9 Å². The Morgan fingerprint density at radius 3 is 2.64 bits per heavy atom. The summed E-state index contributed by atoms with van der Waals surface area (Å²) in [5.74, 6) is 0.404. The van der Waals surface area contributed by atoms with E-state index >= 15 is 0 Å². The van der Waals surface area contributed by atoms with Gasteiger partial charge in [0.25, 0.3) is 0 Å². The molecule has 0 fully saturated rings. The van der Waals surface area contributed by atoms with E-state index < -0.39 is 17.1 Å². The zero-order valence-electron chi connectivity index (χ0n) is 6.75. The number of nitrogens with one attached hydrogen (secondary N) is 1. The molecule has 5 heteroatoms. The fourth-order valence-electron chi connectivity index (χ4n) is 0.389. The summed E-state index contributed by atoms with van der Waals surface area (Å²) in [6.07, 6.45) is 0.165. The number of rotatable bonds is 4. The van der Waals surface area contributed by atoms with Crippen LogP contribution in [0.5, 0.6) is 0 Å². The molecule has 1 N–H and O–H groups in total. The molecule has 0 saturated heterocycles. The predicted octanol–water partition coefficient (Wildman–Crippen LogP) is 0.806. The van der Waals surface area contributed by atoms with E-state index in [1.807, 2.05) is 6.92 Å². The Morgan fingerprint density at radius 1 is 1.55 bits per heavy atom. The summed E-state index contributed by atoms with van der Waals surface area (Å²) in [4.78, 5) is 10.6. The molecule has 0 radical (unpaired) electrons. The molecular formula is C6H13NO3S. The van der Waals surface area contributed by atoms with Gasteiger partial charge in [-0.2, -0.15) is 0 Å². The van der Waals surface area contributed by atoms with Crippen LogP contribution in [0.2, 0.25) is 0 Å². The van der Waals surface area contributed by atoms with E-state index in [0.29, 0.717) is 12.4 Å². The van der Waals surface area contributed by atoms with Crippen LogP contribution in [0.3, 0.4) is 0 Å². The highest BCUT2D eigenvalue weighted by Crippen LogP contribution is 1.83. The van der Waals surface area contributed by atoms with Crippen molar-refractivity contribution >= 4 is 17.1 Å². The van der Waals surface area contributed by atoms with Gasteiger partial charge in [0.05, 0.1) is 6.61 Å². The van der Waals surface area contributed by atoms with Gasteiger partial charge in [-0.3, -0.25) is 0 Å². The molecule has 0 bridgehead atoms. The molecule has 11 heavy (non-hydrogen) atoms. The molecule has 0 aromatic carbocycles. The molecule has 0 aromatic rings. The average molecular weight is 179 g/mol. The van der Waals surface area contributed by atoms with Crippen molar-refractivity contribution in [2.24, 2.45) is 0 Å². The van der Waals surface area contributed by atoms with Crippen molar-refractivity contribution in [3.8, 4) is 0 Å². The van der Waals surface area contributed by atoms with Crippen molar-refractivity contribution in [1.29, 1.82) is 0 Å². The third-order valence-electron chi connectivity index (χ3n) is 0.897. The lowest BCUT2D eigenvalue weighted by Crippen LogP contribution is -2.27. The molecule has 0 aliphatic rings. The highest BCUT2D eigenvalue weighted by Gasteiger charge is 2.03. The van der Waals surface area contributed by atoms with Gasteiger partial charge >= 0.3 is 6.09 Å². The molecule has 0 rings (SSSR count). The molecule has 4 nitrogen and oxygen atoms in total. The summed E-state index contributed by atoms with van der Waals surface area (Å²) in [5, 5.41) is 0. The first-order valence-electron chi connectivity index (χ1n) is 3.52. The molecule has 66 valence electrons. The van der Waals surface area contributed by atoms with Gasteiger partial charge in [-0.25, -0.2) is 13.7 Å². The summed E-state index contributed by atoms with van der Waals surface area (Å²) in [6, 6.07) is 0. The Bertz CT molecular complexity index is 149. The molecular weight excluding hydrogens is 166 g/mol. The second kappa shape index (κ2) is 6.15. The molecule has 0 aliphatic heterocycles. The second-order valence-electron chi connectivity index (χ2n) is 1.87. The maximum absolute atomic E-state index is 10.7. The largest absolute Gasteiger partial charge is 0.449 e. The smallest absolute Gasteiger partial charge is 0.419 e. The van der Waals surface area contributed by atoms with Gasteiger partial charge in [0.1, 0.15) is 11.0 Å². The van der Waals surface area contributed by atoms with Gasteiger partial charge in [-0.05, 0) is 6.42 Å². The number of carbonyl (C=O) groups is 1. The Kier molecular flexibility index (Phi) is 5.83. The van der Waals surface area contributed by atoms with Crippen LogP contribution in [0.25, 0.3) is 0 Å². The summed E-state index contributed by atoms with van der Waals surface area (Å²) >= 11 is 0. The molecule has 1 amide bonds. The van der Waals surface area contributed by atoms with Gasteiger partial charge in [-0.1, -0.05) is 13.8 Å². The maximum Gasteiger partial charge on any atom is 0.419 e. The van der Waals surface area contributed by atoms with Crippen LogP contribution in [-0.4, -0.2) is 22.7 Å². The average Bonchev–Trinajstić information content (AvgIpc) is 2.00. The first kappa shape index (κ1) is 10.4. The highest BCUT2D eigenvalue weighted by atomic mass is 32.2. The third kappa shape index (κ3) is 5.84. The monoisotopic (exact) mass is 179 g/mol. The summed E-state index contributed by atoms with van der Waals surface area (Å²) in [7, 11) is -1.29. The van der Waals surface area contributed by atoms with E-state index in [0.717, 1.165) is 6.42 Å². The quantitative estimate of drug-likeness (QED) is 0.694. The topological polar surface area (TPSA) is 55.4 Å². The van der Waals surface area contributed by atoms with Crippen LogP contribution >= 0.6 is 0 Å². The zero-order valence-corrected chi connectivity index (χ0v) is 7.57. The SMILES string of the molecule is CCCOC(=O)NS(=O)CC. The van der Waals surface area contributed by atoms with Crippen molar-refractivity contribution in [3.63, 3.8) is 0 Å². The molecule has 0 saturated carbocycles. The lowest BCUT2D eigenvalue weighted by molar-refractivity contribution is 0.153. The first-order chi connectivity index (χ1) is 5.20. The molecule has 0 heterocycles. The van der Waals surface area contributed by atoms with E-state index in [4.69, 9.17) is 0 Å². The molecule has 0 aromatic heterocycles. The Morgan fingerprint density at radius 2 is 2.18 bits per heavy atom. The van der Waals surface area contributed by atoms with E-state index in [9.17, 15) is 9.00 Å². The number of hydrogen-bond donors (Lipinski definition) is 1. The second-order valence-corrected chi connectivity index (χ2v) is 3.34. The lowest BCUT2D eigenvalue weighted by atomic mass is 10.5. The number of hydrogen-bond acceptors (Lipinski definition) is 3. The van der Waals surface area contributed by atoms with E-state index in [1.54, 1.807) is 6.92 Å². The fourth-order valence-corrected chi connectivity index (χ4v) is 0.778. The van der Waals surface area contributed by atoms with Crippen molar-refractivity contribution < 1.29 is 13.7 Å². The van der Waals surface area contributed by atoms with E-state index in [2.05, 4.69) is 9.46 Å². The van der Waals surface area contributed by atoms with Crippen molar-refractivity contribution in [3.05, 3.63) is 0 Å². The van der Waals surface area contributed by atoms with Crippen LogP contribution in [0, 0.1) is 0 Å². The van der Waals surface area contributed by atoms with Gasteiger partial charge in [0.15, 0.2) is 0 Å². The molecule has 1 unspecified atom stereocenters. The van der Waals surface area contributed by atoms with Crippen LogP contribution < -0.4 is 4.72 Å². The zero-order chi connectivity index (χ0) is 8.69. The summed E-state index contributed by atoms with van der Waals surface area (Å²) in [6.45, 7) is 3.98.